The summed E-state index contributed by atoms with van der Waals surface area (Å²) < 4.78 is 0. The molecule has 0 aromatic heterocycles. The molecule has 1 aliphatic heterocycles. The molecule has 8 heteroatoms. The molecular weight excluding hydrogens is 467 g/mol. The lowest BCUT2D eigenvalue weighted by Gasteiger charge is -2.25. The number of benzene rings is 2. The molecule has 5 nitrogen and oxygen atoms in total. The SMILES string of the molecule is CC1CCCC1CN(C)NC(=O)C1=NN(c2ccc(Cl)cc2Cl)C(c2ccc(Cl)cc2)C1. The summed E-state index contributed by atoms with van der Waals surface area (Å²) in [7, 11) is 1.92. The van der Waals surface area contributed by atoms with Gasteiger partial charge in [-0.2, -0.15) is 5.10 Å². The first kappa shape index (κ1) is 23.4. The van der Waals surface area contributed by atoms with Crippen LogP contribution in [0.3, 0.4) is 0 Å². The van der Waals surface area contributed by atoms with Gasteiger partial charge in [-0.15, -0.1) is 0 Å². The molecule has 1 heterocycles. The van der Waals surface area contributed by atoms with Gasteiger partial charge in [0.2, 0.25) is 0 Å². The standard InChI is InChI=1S/C24H27Cl3N4O/c1-15-4-3-5-17(15)14-30(2)29-24(32)21-13-23(16-6-8-18(25)9-7-16)31(28-21)22-11-10-19(26)12-20(22)27/h6-12,15,17,23H,3-5,13-14H2,1-2H3,(H,29,32). The third kappa shape index (κ3) is 5.23. The minimum Gasteiger partial charge on any atom is -0.284 e. The van der Waals surface area contributed by atoms with Crippen LogP contribution in [0.1, 0.15) is 44.2 Å². The maximum atomic E-state index is 13.1. The highest BCUT2D eigenvalue weighted by molar-refractivity contribution is 6.40. The minimum absolute atomic E-state index is 0.174. The lowest BCUT2D eigenvalue weighted by atomic mass is 9.98. The third-order valence-corrected chi connectivity index (χ3v) is 7.21. The lowest BCUT2D eigenvalue weighted by molar-refractivity contribution is -0.119. The average Bonchev–Trinajstić information content (AvgIpc) is 3.35. The van der Waals surface area contributed by atoms with Crippen molar-refractivity contribution in [3.05, 3.63) is 63.1 Å². The van der Waals surface area contributed by atoms with E-state index in [0.717, 1.165) is 12.1 Å². The second-order valence-electron chi connectivity index (χ2n) is 8.75. The number of carbonyl (C=O) groups is 1. The summed E-state index contributed by atoms with van der Waals surface area (Å²) >= 11 is 18.7. The number of nitrogens with zero attached hydrogens (tertiary/aromatic N) is 3. The highest BCUT2D eigenvalue weighted by Crippen LogP contribution is 2.40. The van der Waals surface area contributed by atoms with Crippen LogP contribution in [0.2, 0.25) is 15.1 Å². The molecule has 1 fully saturated rings. The summed E-state index contributed by atoms with van der Waals surface area (Å²) in [6.45, 7) is 3.13. The molecule has 2 aliphatic rings. The Morgan fingerprint density at radius 2 is 1.84 bits per heavy atom. The maximum absolute atomic E-state index is 13.1. The molecule has 0 saturated heterocycles. The van der Waals surface area contributed by atoms with Gasteiger partial charge in [-0.1, -0.05) is 66.7 Å². The van der Waals surface area contributed by atoms with Gasteiger partial charge in [-0.3, -0.25) is 15.2 Å². The van der Waals surface area contributed by atoms with Crippen molar-refractivity contribution >= 4 is 52.1 Å². The van der Waals surface area contributed by atoms with Gasteiger partial charge in [-0.05, 0) is 54.2 Å². The number of hydrogen-bond acceptors (Lipinski definition) is 4. The Labute approximate surface area is 204 Å². The van der Waals surface area contributed by atoms with Gasteiger partial charge in [0.15, 0.2) is 0 Å². The Morgan fingerprint density at radius 3 is 2.50 bits per heavy atom. The van der Waals surface area contributed by atoms with Crippen molar-refractivity contribution in [2.24, 2.45) is 16.9 Å². The zero-order valence-electron chi connectivity index (χ0n) is 18.2. The summed E-state index contributed by atoms with van der Waals surface area (Å²) in [5.41, 5.74) is 5.17. The Hall–Kier alpha value is -1.79. The summed E-state index contributed by atoms with van der Waals surface area (Å²) in [5.74, 6) is 1.11. The molecule has 1 amide bonds. The largest absolute Gasteiger partial charge is 0.284 e. The number of hydrogen-bond donors (Lipinski definition) is 1. The van der Waals surface area contributed by atoms with Crippen molar-refractivity contribution in [2.45, 2.75) is 38.6 Å². The van der Waals surface area contributed by atoms with Crippen LogP contribution in [0, 0.1) is 11.8 Å². The zero-order chi connectivity index (χ0) is 22.8. The van der Waals surface area contributed by atoms with Gasteiger partial charge in [0, 0.05) is 30.1 Å². The van der Waals surface area contributed by atoms with E-state index >= 15 is 0 Å². The van der Waals surface area contributed by atoms with E-state index in [1.54, 1.807) is 17.1 Å². The van der Waals surface area contributed by atoms with Crippen LogP contribution in [0.5, 0.6) is 0 Å². The molecule has 1 N–H and O–H groups in total. The first-order chi connectivity index (χ1) is 15.3. The smallest absolute Gasteiger partial charge is 0.281 e. The molecule has 32 heavy (non-hydrogen) atoms. The van der Waals surface area contributed by atoms with Crippen molar-refractivity contribution in [3.8, 4) is 0 Å². The number of anilines is 1. The normalized spacial score (nSPS) is 23.0. The fourth-order valence-corrected chi connectivity index (χ4v) is 5.23. The number of rotatable bonds is 6. The van der Waals surface area contributed by atoms with Crippen LogP contribution in [0.15, 0.2) is 47.6 Å². The maximum Gasteiger partial charge on any atom is 0.281 e. The second kappa shape index (κ2) is 10.0. The van der Waals surface area contributed by atoms with Gasteiger partial charge in [0.1, 0.15) is 5.71 Å². The number of nitrogens with one attached hydrogen (secondary N) is 1. The molecular formula is C24H27Cl3N4O. The van der Waals surface area contributed by atoms with Gasteiger partial charge < -0.3 is 0 Å². The van der Waals surface area contributed by atoms with Crippen molar-refractivity contribution < 1.29 is 4.79 Å². The quantitative estimate of drug-likeness (QED) is 0.477. The van der Waals surface area contributed by atoms with Gasteiger partial charge in [0.25, 0.3) is 5.91 Å². The van der Waals surface area contributed by atoms with Gasteiger partial charge >= 0.3 is 0 Å². The molecule has 1 saturated carbocycles. The molecule has 4 rings (SSSR count). The second-order valence-corrected chi connectivity index (χ2v) is 10.0. The van der Waals surface area contributed by atoms with E-state index in [-0.39, 0.29) is 11.9 Å². The van der Waals surface area contributed by atoms with Crippen LogP contribution in [-0.4, -0.2) is 30.2 Å². The first-order valence-electron chi connectivity index (χ1n) is 10.9. The summed E-state index contributed by atoms with van der Waals surface area (Å²) in [5, 5.41) is 10.1. The first-order valence-corrected chi connectivity index (χ1v) is 12.0. The molecule has 1 aliphatic carbocycles. The molecule has 2 aromatic carbocycles. The van der Waals surface area contributed by atoms with Crippen molar-refractivity contribution in [3.63, 3.8) is 0 Å². The molecule has 0 bridgehead atoms. The van der Waals surface area contributed by atoms with Crippen LogP contribution < -0.4 is 10.4 Å². The third-order valence-electron chi connectivity index (χ3n) is 6.42. The van der Waals surface area contributed by atoms with Crippen LogP contribution in [0.4, 0.5) is 5.69 Å². The zero-order valence-corrected chi connectivity index (χ0v) is 20.5. The predicted molar refractivity (Wildman–Crippen MR) is 132 cm³/mol. The fraction of sp³-hybridized carbons (Fsp3) is 0.417. The van der Waals surface area contributed by atoms with Crippen molar-refractivity contribution in [1.82, 2.24) is 10.4 Å². The predicted octanol–water partition coefficient (Wildman–Crippen LogP) is 6.35. The molecule has 0 spiro atoms. The van der Waals surface area contributed by atoms with Gasteiger partial charge in [0.05, 0.1) is 16.8 Å². The number of halogens is 3. The van der Waals surface area contributed by atoms with E-state index in [1.807, 2.05) is 42.4 Å². The number of hydrazine groups is 1. The topological polar surface area (TPSA) is 47.9 Å². The molecule has 170 valence electrons. The number of amides is 1. The molecule has 0 radical (unpaired) electrons. The number of hydrazone groups is 1. The monoisotopic (exact) mass is 492 g/mol. The van der Waals surface area contributed by atoms with Crippen LogP contribution >= 0.6 is 34.8 Å². The van der Waals surface area contributed by atoms with E-state index in [9.17, 15) is 4.79 Å². The Kier molecular flexibility index (Phi) is 7.30. The van der Waals surface area contributed by atoms with E-state index in [1.165, 1.54) is 19.3 Å². The highest BCUT2D eigenvalue weighted by Gasteiger charge is 2.34. The minimum atomic E-state index is -0.190. The van der Waals surface area contributed by atoms with E-state index in [2.05, 4.69) is 17.5 Å². The Morgan fingerprint density at radius 1 is 1.12 bits per heavy atom. The lowest BCUT2D eigenvalue weighted by Crippen LogP contribution is -2.45. The van der Waals surface area contributed by atoms with Crippen molar-refractivity contribution in [2.75, 3.05) is 18.6 Å². The van der Waals surface area contributed by atoms with Crippen molar-refractivity contribution in [1.29, 1.82) is 0 Å². The van der Waals surface area contributed by atoms with Crippen LogP contribution in [-0.2, 0) is 4.79 Å². The molecule has 2 aromatic rings. The fourth-order valence-electron chi connectivity index (χ4n) is 4.61. The van der Waals surface area contributed by atoms with Gasteiger partial charge in [-0.25, -0.2) is 5.01 Å². The van der Waals surface area contributed by atoms with E-state index in [4.69, 9.17) is 34.8 Å². The summed E-state index contributed by atoms with van der Waals surface area (Å²) in [6, 6.07) is 12.7. The van der Waals surface area contributed by atoms with Crippen LogP contribution in [0.25, 0.3) is 0 Å². The Bertz CT molecular complexity index is 1010. The molecule has 3 atom stereocenters. The van der Waals surface area contributed by atoms with E-state index in [0.29, 0.717) is 44.7 Å². The average molecular weight is 494 g/mol. The summed E-state index contributed by atoms with van der Waals surface area (Å²) in [4.78, 5) is 13.1. The summed E-state index contributed by atoms with van der Waals surface area (Å²) in [6.07, 6.45) is 4.20. The molecule has 3 unspecified atom stereocenters. The Balaban J connectivity index is 1.55. The van der Waals surface area contributed by atoms with E-state index < -0.39 is 0 Å². The number of carbonyl (C=O) groups excluding carboxylic acids is 1. The highest BCUT2D eigenvalue weighted by atomic mass is 35.5.